The molecule has 2 saturated carbocycles. The van der Waals surface area contributed by atoms with Crippen molar-refractivity contribution in [3.05, 3.63) is 33.1 Å². The van der Waals surface area contributed by atoms with Crippen molar-refractivity contribution in [2.75, 3.05) is 0 Å². The molecule has 0 saturated heterocycles. The fourth-order valence-electron chi connectivity index (χ4n) is 6.48. The van der Waals surface area contributed by atoms with Crippen LogP contribution in [0.25, 0.3) is 0 Å². The Morgan fingerprint density at radius 2 is 1.18 bits per heavy atom. The lowest BCUT2D eigenvalue weighted by molar-refractivity contribution is -0.150. The number of rotatable bonds is 0. The van der Waals surface area contributed by atoms with Crippen molar-refractivity contribution < 1.29 is 0 Å². The third-order valence-corrected chi connectivity index (χ3v) is 7.32. The molecule has 2 atom stereocenters. The molecule has 2 aliphatic heterocycles. The molecule has 0 N–H and O–H groups in total. The summed E-state index contributed by atoms with van der Waals surface area (Å²) in [6.07, 6.45) is 14.4. The Morgan fingerprint density at radius 1 is 0.818 bits per heavy atom. The zero-order valence-electron chi connectivity index (χ0n) is 13.1. The van der Waals surface area contributed by atoms with Crippen molar-refractivity contribution in [3.63, 3.8) is 0 Å². The SMILES string of the molecule is Cn1c(=O)n2n(c1=O)[C@H]1C=C[C@H]2C23CCCCC12CCCC3. The topological polar surface area (TPSA) is 48.9 Å². The van der Waals surface area contributed by atoms with Crippen LogP contribution in [0.1, 0.15) is 63.5 Å². The van der Waals surface area contributed by atoms with Crippen LogP contribution in [-0.4, -0.2) is 13.9 Å². The van der Waals surface area contributed by atoms with Gasteiger partial charge in [0.2, 0.25) is 0 Å². The van der Waals surface area contributed by atoms with Crippen molar-refractivity contribution in [2.45, 2.75) is 63.5 Å². The first-order valence-electron chi connectivity index (χ1n) is 8.71. The molecule has 2 fully saturated rings. The Labute approximate surface area is 129 Å². The van der Waals surface area contributed by atoms with Crippen LogP contribution >= 0.6 is 0 Å². The summed E-state index contributed by atoms with van der Waals surface area (Å²) in [6, 6.07) is 0.166. The molecule has 5 heteroatoms. The van der Waals surface area contributed by atoms with E-state index in [1.807, 2.05) is 0 Å². The van der Waals surface area contributed by atoms with E-state index in [4.69, 9.17) is 0 Å². The fourth-order valence-corrected chi connectivity index (χ4v) is 6.48. The van der Waals surface area contributed by atoms with Crippen LogP contribution in [0, 0.1) is 10.8 Å². The van der Waals surface area contributed by atoms with Crippen LogP contribution in [0.5, 0.6) is 0 Å². The van der Waals surface area contributed by atoms with Crippen LogP contribution in [0.3, 0.4) is 0 Å². The Bertz CT molecular complexity index is 718. The summed E-state index contributed by atoms with van der Waals surface area (Å²) in [4.78, 5) is 25.3. The number of hydrogen-bond donors (Lipinski definition) is 0. The maximum atomic E-state index is 12.6. The molecule has 6 rings (SSSR count). The average Bonchev–Trinajstić information content (AvgIpc) is 2.80. The van der Waals surface area contributed by atoms with Crippen molar-refractivity contribution in [1.29, 1.82) is 0 Å². The van der Waals surface area contributed by atoms with Crippen molar-refractivity contribution >= 4 is 0 Å². The van der Waals surface area contributed by atoms with E-state index in [0.717, 1.165) is 0 Å². The van der Waals surface area contributed by atoms with Gasteiger partial charge in [0, 0.05) is 17.9 Å². The molecule has 5 aliphatic rings. The quantitative estimate of drug-likeness (QED) is 0.689. The van der Waals surface area contributed by atoms with Crippen LogP contribution in [0.4, 0.5) is 0 Å². The van der Waals surface area contributed by atoms with Gasteiger partial charge in [-0.1, -0.05) is 37.8 Å². The number of allylic oxidation sites excluding steroid dienone is 2. The second-order valence-corrected chi connectivity index (χ2v) is 7.81. The molecule has 3 heterocycles. The van der Waals surface area contributed by atoms with E-state index in [-0.39, 0.29) is 34.3 Å². The van der Waals surface area contributed by atoms with E-state index in [0.29, 0.717) is 0 Å². The summed E-state index contributed by atoms with van der Waals surface area (Å²) in [6.45, 7) is 0. The molecule has 0 aromatic carbocycles. The molecule has 1 aromatic rings. The van der Waals surface area contributed by atoms with Crippen molar-refractivity contribution in [1.82, 2.24) is 13.9 Å². The predicted molar refractivity (Wildman–Crippen MR) is 82.9 cm³/mol. The van der Waals surface area contributed by atoms with E-state index in [9.17, 15) is 9.59 Å². The van der Waals surface area contributed by atoms with E-state index >= 15 is 0 Å². The predicted octanol–water partition coefficient (Wildman–Crippen LogP) is 2.13. The average molecular weight is 301 g/mol. The Hall–Kier alpha value is -1.52. The van der Waals surface area contributed by atoms with Crippen molar-refractivity contribution in [2.24, 2.45) is 17.9 Å². The maximum absolute atomic E-state index is 12.6. The highest BCUT2D eigenvalue weighted by Crippen LogP contribution is 2.71. The summed E-state index contributed by atoms with van der Waals surface area (Å²) in [7, 11) is 1.62. The smallest absolute Gasteiger partial charge is 0.246 e. The summed E-state index contributed by atoms with van der Waals surface area (Å²) < 4.78 is 4.88. The summed E-state index contributed by atoms with van der Waals surface area (Å²) in [5.74, 6) is 0. The molecule has 118 valence electrons. The second-order valence-electron chi connectivity index (χ2n) is 7.81. The number of aromatic nitrogens is 3. The minimum Gasteiger partial charge on any atom is -0.246 e. The van der Waals surface area contributed by atoms with Gasteiger partial charge in [-0.2, -0.15) is 0 Å². The molecule has 2 bridgehead atoms. The molecule has 0 spiro atoms. The Balaban J connectivity index is 1.88. The first kappa shape index (κ1) is 13.0. The van der Waals surface area contributed by atoms with Crippen molar-refractivity contribution in [3.8, 4) is 0 Å². The molecule has 3 aliphatic carbocycles. The highest BCUT2D eigenvalue weighted by molar-refractivity contribution is 5.26. The minimum absolute atomic E-state index is 0.0829. The molecule has 0 radical (unpaired) electrons. The Morgan fingerprint density at radius 3 is 1.55 bits per heavy atom. The maximum Gasteiger partial charge on any atom is 0.347 e. The summed E-state index contributed by atoms with van der Waals surface area (Å²) in [5.41, 5.74) is 0.146. The van der Waals surface area contributed by atoms with Gasteiger partial charge in [-0.05, 0) is 25.7 Å². The normalized spacial score (nSPS) is 41.9. The van der Waals surface area contributed by atoms with Gasteiger partial charge < -0.3 is 0 Å². The molecule has 0 unspecified atom stereocenters. The lowest BCUT2D eigenvalue weighted by Crippen LogP contribution is -2.64. The zero-order valence-corrected chi connectivity index (χ0v) is 13.1. The van der Waals surface area contributed by atoms with Gasteiger partial charge in [0.15, 0.2) is 0 Å². The number of nitrogens with zero attached hydrogens (tertiary/aromatic N) is 3. The third kappa shape index (κ3) is 1.14. The highest BCUT2D eigenvalue weighted by Gasteiger charge is 2.66. The molecular weight excluding hydrogens is 278 g/mol. The lowest BCUT2D eigenvalue weighted by Gasteiger charge is -2.66. The summed E-state index contributed by atoms with van der Waals surface area (Å²) in [5, 5.41) is 0. The zero-order chi connectivity index (χ0) is 15.1. The van der Waals surface area contributed by atoms with Crippen LogP contribution < -0.4 is 11.4 Å². The fraction of sp³-hybridized carbons (Fsp3) is 0.765. The van der Waals surface area contributed by atoms with Gasteiger partial charge in [-0.3, -0.25) is 0 Å². The monoisotopic (exact) mass is 301 g/mol. The minimum atomic E-state index is -0.136. The van der Waals surface area contributed by atoms with E-state index < -0.39 is 0 Å². The van der Waals surface area contributed by atoms with Gasteiger partial charge in [0.05, 0.1) is 12.1 Å². The molecule has 5 nitrogen and oxygen atoms in total. The molecule has 22 heavy (non-hydrogen) atoms. The molecular formula is C17H23N3O2. The van der Waals surface area contributed by atoms with Gasteiger partial charge in [0.25, 0.3) is 0 Å². The van der Waals surface area contributed by atoms with Crippen LogP contribution in [0.15, 0.2) is 21.7 Å². The lowest BCUT2D eigenvalue weighted by atomic mass is 9.43. The van der Waals surface area contributed by atoms with Crippen LogP contribution in [0.2, 0.25) is 0 Å². The standard InChI is InChI=1S/C17H23N3O2/c1-18-14(21)19-12-6-7-13(20(19)15(18)22)17-9-3-2-8-16(12,17)10-4-5-11-17/h6-7,12-13H,2-5,8-11H2,1H3/t12-,13-,16?,17?/m0/s1. The second kappa shape index (κ2) is 3.87. The molecule has 0 amide bonds. The van der Waals surface area contributed by atoms with Gasteiger partial charge in [-0.15, -0.1) is 0 Å². The van der Waals surface area contributed by atoms with E-state index in [1.165, 1.54) is 55.9 Å². The first-order chi connectivity index (χ1) is 10.6. The summed E-state index contributed by atoms with van der Waals surface area (Å²) >= 11 is 0. The van der Waals surface area contributed by atoms with E-state index in [2.05, 4.69) is 12.2 Å². The van der Waals surface area contributed by atoms with E-state index in [1.54, 1.807) is 16.4 Å². The molecule has 1 aromatic heterocycles. The third-order valence-electron chi connectivity index (χ3n) is 7.32. The van der Waals surface area contributed by atoms with Gasteiger partial charge in [-0.25, -0.2) is 23.5 Å². The first-order valence-corrected chi connectivity index (χ1v) is 8.71. The van der Waals surface area contributed by atoms with Crippen LogP contribution in [-0.2, 0) is 7.05 Å². The highest BCUT2D eigenvalue weighted by atomic mass is 16.2. The number of hydrogen-bond acceptors (Lipinski definition) is 2. The van der Waals surface area contributed by atoms with Gasteiger partial charge in [0.1, 0.15) is 0 Å². The van der Waals surface area contributed by atoms with Gasteiger partial charge >= 0.3 is 11.4 Å². The Kier molecular flexibility index (Phi) is 2.28. The largest absolute Gasteiger partial charge is 0.347 e.